The van der Waals surface area contributed by atoms with Crippen LogP contribution in [0.25, 0.3) is 0 Å². The molecule has 0 aromatic heterocycles. The highest BCUT2D eigenvalue weighted by Gasteiger charge is 2.58. The van der Waals surface area contributed by atoms with Gasteiger partial charge in [-0.05, 0) is 75.2 Å². The molecule has 0 spiro atoms. The largest absolute Gasteiger partial charge is 0.464 e. The summed E-state index contributed by atoms with van der Waals surface area (Å²) in [7, 11) is -4.51. The molecule has 0 heterocycles. The second-order valence-corrected chi connectivity index (χ2v) is 11.6. The number of hydrogen-bond acceptors (Lipinski definition) is 4. The van der Waals surface area contributed by atoms with Crippen LogP contribution < -0.4 is 0 Å². The Balaban J connectivity index is 1.56. The second-order valence-electron chi connectivity index (χ2n) is 9.67. The lowest BCUT2D eigenvalue weighted by Gasteiger charge is -2.62. The first-order valence-corrected chi connectivity index (χ1v) is 11.2. The number of carbonyl (C=O) groups excluding carboxylic acids is 1. The predicted octanol–water partition coefficient (Wildman–Crippen LogP) is 3.73. The van der Waals surface area contributed by atoms with Crippen molar-refractivity contribution >= 4 is 16.1 Å². The van der Waals surface area contributed by atoms with Gasteiger partial charge in [-0.1, -0.05) is 30.3 Å². The molecule has 4 saturated carbocycles. The Morgan fingerprint density at radius 3 is 2.30 bits per heavy atom. The van der Waals surface area contributed by atoms with Crippen LogP contribution in [-0.4, -0.2) is 30.3 Å². The molecule has 0 aliphatic heterocycles. The van der Waals surface area contributed by atoms with Gasteiger partial charge in [0.25, 0.3) is 10.1 Å². The van der Waals surface area contributed by atoms with Gasteiger partial charge in [0.1, 0.15) is 0 Å². The summed E-state index contributed by atoms with van der Waals surface area (Å²) in [6.45, 7) is 2.62. The van der Waals surface area contributed by atoms with Crippen molar-refractivity contribution < 1.29 is 22.5 Å². The topological polar surface area (TPSA) is 80.7 Å². The molecular formula is C21H28O5S. The summed E-state index contributed by atoms with van der Waals surface area (Å²) in [5.41, 5.74) is 1.45. The molecule has 148 valence electrons. The lowest BCUT2D eigenvalue weighted by atomic mass is 9.43. The van der Waals surface area contributed by atoms with Gasteiger partial charge in [0.05, 0.1) is 6.61 Å². The first-order chi connectivity index (χ1) is 12.6. The number of esters is 1. The van der Waals surface area contributed by atoms with Crippen LogP contribution in [0.15, 0.2) is 30.3 Å². The van der Waals surface area contributed by atoms with Crippen molar-refractivity contribution in [3.63, 3.8) is 0 Å². The zero-order valence-electron chi connectivity index (χ0n) is 16.0. The summed E-state index contributed by atoms with van der Waals surface area (Å²) in [6.07, 6.45) is 6.70. The third-order valence-electron chi connectivity index (χ3n) is 7.21. The molecule has 0 saturated heterocycles. The predicted molar refractivity (Wildman–Crippen MR) is 102 cm³/mol. The van der Waals surface area contributed by atoms with E-state index in [0.29, 0.717) is 11.8 Å². The molecule has 0 amide bonds. The fraction of sp³-hybridized carbons (Fsp3) is 0.667. The maximum absolute atomic E-state index is 12.4. The Hall–Kier alpha value is -1.40. The van der Waals surface area contributed by atoms with E-state index in [-0.39, 0.29) is 17.4 Å². The number of benzene rings is 1. The van der Waals surface area contributed by atoms with Gasteiger partial charge in [-0.15, -0.1) is 0 Å². The molecule has 5 nitrogen and oxygen atoms in total. The summed E-state index contributed by atoms with van der Waals surface area (Å²) in [4.78, 5) is 12.4. The third kappa shape index (κ3) is 3.11. The van der Waals surface area contributed by atoms with Crippen molar-refractivity contribution in [3.05, 3.63) is 35.9 Å². The van der Waals surface area contributed by atoms with E-state index in [1.165, 1.54) is 38.7 Å². The smallest absolute Gasteiger partial charge is 0.329 e. The van der Waals surface area contributed by atoms with Crippen LogP contribution in [-0.2, 0) is 25.1 Å². The van der Waals surface area contributed by atoms with Gasteiger partial charge < -0.3 is 4.74 Å². The molecule has 1 aromatic rings. The van der Waals surface area contributed by atoms with Crippen LogP contribution in [0.3, 0.4) is 0 Å². The van der Waals surface area contributed by atoms with Gasteiger partial charge in [0.15, 0.2) is 4.75 Å². The minimum absolute atomic E-state index is 0.0785. The van der Waals surface area contributed by atoms with E-state index in [4.69, 9.17) is 4.74 Å². The molecule has 4 aliphatic rings. The summed E-state index contributed by atoms with van der Waals surface area (Å²) >= 11 is 0. The quantitative estimate of drug-likeness (QED) is 0.610. The molecule has 1 N–H and O–H groups in total. The Kier molecular flexibility index (Phi) is 4.24. The van der Waals surface area contributed by atoms with Crippen LogP contribution in [0.2, 0.25) is 0 Å². The van der Waals surface area contributed by atoms with E-state index >= 15 is 0 Å². The standard InChI is InChI=1S/C21H28O5S/c1-19(2,27(23,24)25)18(22)26-14-20-9-15-8-16(10-20)12-21(11-15,13-20)17-6-4-3-5-7-17/h3-7,15-16H,8-14H2,1-2H3,(H,23,24,25). The first kappa shape index (κ1) is 18.9. The van der Waals surface area contributed by atoms with Crippen LogP contribution in [0.4, 0.5) is 0 Å². The summed E-state index contributed by atoms with van der Waals surface area (Å²) in [5.74, 6) is 0.411. The lowest BCUT2D eigenvalue weighted by Crippen LogP contribution is -2.56. The minimum Gasteiger partial charge on any atom is -0.464 e. The fourth-order valence-corrected chi connectivity index (χ4v) is 6.52. The number of ether oxygens (including phenoxy) is 1. The van der Waals surface area contributed by atoms with E-state index in [1.807, 2.05) is 6.07 Å². The van der Waals surface area contributed by atoms with Crippen molar-refractivity contribution in [2.75, 3.05) is 6.61 Å². The van der Waals surface area contributed by atoms with Gasteiger partial charge in [0, 0.05) is 5.41 Å². The fourth-order valence-electron chi connectivity index (χ4n) is 6.25. The van der Waals surface area contributed by atoms with Gasteiger partial charge in [-0.2, -0.15) is 8.42 Å². The molecule has 4 bridgehead atoms. The van der Waals surface area contributed by atoms with Crippen molar-refractivity contribution in [2.45, 2.75) is 62.5 Å². The van der Waals surface area contributed by atoms with Crippen molar-refractivity contribution in [2.24, 2.45) is 17.3 Å². The summed E-state index contributed by atoms with van der Waals surface area (Å²) in [5, 5.41) is 0. The Bertz CT molecular complexity index is 829. The molecule has 5 rings (SSSR count). The molecule has 27 heavy (non-hydrogen) atoms. The van der Waals surface area contributed by atoms with E-state index in [2.05, 4.69) is 24.3 Å². The molecule has 2 atom stereocenters. The molecule has 2 unspecified atom stereocenters. The van der Waals surface area contributed by atoms with E-state index in [9.17, 15) is 17.8 Å². The number of carbonyl (C=O) groups is 1. The van der Waals surface area contributed by atoms with Crippen LogP contribution in [0, 0.1) is 17.3 Å². The molecule has 4 fully saturated rings. The van der Waals surface area contributed by atoms with Gasteiger partial charge >= 0.3 is 5.97 Å². The highest BCUT2D eigenvalue weighted by molar-refractivity contribution is 7.88. The first-order valence-electron chi connectivity index (χ1n) is 9.75. The van der Waals surface area contributed by atoms with Crippen molar-refractivity contribution in [1.29, 1.82) is 0 Å². The summed E-state index contributed by atoms with van der Waals surface area (Å²) < 4.78 is 35.9. The minimum atomic E-state index is -4.51. The van der Waals surface area contributed by atoms with Crippen molar-refractivity contribution in [1.82, 2.24) is 0 Å². The normalized spacial score (nSPS) is 35.2. The molecule has 0 radical (unpaired) electrons. The zero-order chi connectivity index (χ0) is 19.5. The van der Waals surface area contributed by atoms with Crippen molar-refractivity contribution in [3.8, 4) is 0 Å². The molecule has 4 aliphatic carbocycles. The number of rotatable bonds is 5. The van der Waals surface area contributed by atoms with Crippen LogP contribution in [0.1, 0.15) is 57.9 Å². The average Bonchev–Trinajstić information content (AvgIpc) is 2.58. The Labute approximate surface area is 161 Å². The SMILES string of the molecule is CC(C)(C(=O)OCC12CC3CC(C1)CC(c1ccccc1)(C3)C2)S(=O)(=O)O. The van der Waals surface area contributed by atoms with E-state index in [1.54, 1.807) is 0 Å². The molecule has 1 aromatic carbocycles. The van der Waals surface area contributed by atoms with Crippen LogP contribution >= 0.6 is 0 Å². The molecule has 6 heteroatoms. The van der Waals surface area contributed by atoms with E-state index < -0.39 is 20.8 Å². The lowest BCUT2D eigenvalue weighted by molar-refractivity contribution is -0.159. The van der Waals surface area contributed by atoms with Gasteiger partial charge in [0.2, 0.25) is 0 Å². The van der Waals surface area contributed by atoms with Gasteiger partial charge in [-0.3, -0.25) is 9.35 Å². The van der Waals surface area contributed by atoms with Crippen LogP contribution in [0.5, 0.6) is 0 Å². The maximum Gasteiger partial charge on any atom is 0.329 e. The average molecular weight is 393 g/mol. The third-order valence-corrected chi connectivity index (χ3v) is 8.67. The maximum atomic E-state index is 12.4. The Morgan fingerprint density at radius 1 is 1.15 bits per heavy atom. The monoisotopic (exact) mass is 392 g/mol. The highest BCUT2D eigenvalue weighted by atomic mass is 32.2. The Morgan fingerprint density at radius 2 is 1.74 bits per heavy atom. The zero-order valence-corrected chi connectivity index (χ0v) is 16.8. The van der Waals surface area contributed by atoms with Gasteiger partial charge in [-0.25, -0.2) is 0 Å². The molecular weight excluding hydrogens is 364 g/mol. The summed E-state index contributed by atoms with van der Waals surface area (Å²) in [6, 6.07) is 10.7. The highest BCUT2D eigenvalue weighted by Crippen LogP contribution is 2.65. The number of hydrogen-bond donors (Lipinski definition) is 1. The van der Waals surface area contributed by atoms with E-state index in [0.717, 1.165) is 19.3 Å². The second kappa shape index (κ2) is 6.05.